The Labute approximate surface area is 147 Å². The van der Waals surface area contributed by atoms with Crippen LogP contribution in [0.3, 0.4) is 0 Å². The highest BCUT2D eigenvalue weighted by molar-refractivity contribution is 5.86. The fraction of sp³-hybridized carbons (Fsp3) is 0.286. The molecule has 3 aromatic rings. The van der Waals surface area contributed by atoms with E-state index in [-0.39, 0.29) is 23.6 Å². The number of aromatic nitrogens is 1. The number of benzene rings is 2. The van der Waals surface area contributed by atoms with E-state index in [9.17, 15) is 9.18 Å². The number of carbonyl (C=O) groups excluding carboxylic acids is 1. The second-order valence-electron chi connectivity index (χ2n) is 7.14. The lowest BCUT2D eigenvalue weighted by Crippen LogP contribution is -2.37. The highest BCUT2D eigenvalue weighted by Crippen LogP contribution is 2.32. The maximum Gasteiger partial charge on any atom is 0.224 e. The Morgan fingerprint density at radius 3 is 2.68 bits per heavy atom. The third kappa shape index (κ3) is 3.73. The van der Waals surface area contributed by atoms with Crippen molar-refractivity contribution >= 4 is 16.8 Å². The first-order valence-corrected chi connectivity index (χ1v) is 8.46. The molecule has 0 fully saturated rings. The molecule has 0 aliphatic heterocycles. The summed E-state index contributed by atoms with van der Waals surface area (Å²) in [7, 11) is 0. The molecule has 3 rings (SSSR count). The zero-order chi connectivity index (χ0) is 18.0. The fourth-order valence-electron chi connectivity index (χ4n) is 3.45. The molecule has 130 valence electrons. The maximum atomic E-state index is 13.2. The molecule has 1 aromatic heterocycles. The smallest absolute Gasteiger partial charge is 0.224 e. The van der Waals surface area contributed by atoms with Gasteiger partial charge in [-0.05, 0) is 36.2 Å². The number of hydrogen-bond donors (Lipinski definition) is 2. The molecule has 2 N–H and O–H groups in total. The molecule has 0 bridgehead atoms. The van der Waals surface area contributed by atoms with Gasteiger partial charge < -0.3 is 10.3 Å². The highest BCUT2D eigenvalue weighted by Gasteiger charge is 2.27. The van der Waals surface area contributed by atoms with Crippen molar-refractivity contribution < 1.29 is 9.18 Å². The van der Waals surface area contributed by atoms with Crippen LogP contribution in [0.15, 0.2) is 48.5 Å². The average molecular weight is 338 g/mol. The number of aryl methyl sites for hydroxylation is 1. The number of H-pyrrole nitrogens is 1. The van der Waals surface area contributed by atoms with E-state index in [4.69, 9.17) is 0 Å². The van der Waals surface area contributed by atoms with E-state index in [1.165, 1.54) is 23.1 Å². The van der Waals surface area contributed by atoms with E-state index in [0.29, 0.717) is 12.1 Å². The van der Waals surface area contributed by atoms with Crippen LogP contribution in [0.25, 0.3) is 10.9 Å². The van der Waals surface area contributed by atoms with E-state index in [1.54, 1.807) is 12.1 Å². The van der Waals surface area contributed by atoms with Crippen LogP contribution < -0.4 is 5.32 Å². The number of para-hydroxylation sites is 1. The number of aromatic amines is 1. The van der Waals surface area contributed by atoms with Crippen molar-refractivity contribution in [2.24, 2.45) is 0 Å². The molecule has 1 amide bonds. The molecule has 1 heterocycles. The Kier molecular flexibility index (Phi) is 4.62. The average Bonchev–Trinajstić information content (AvgIpc) is 2.89. The molecule has 4 heteroatoms. The molecule has 3 nitrogen and oxygen atoms in total. The van der Waals surface area contributed by atoms with E-state index in [1.807, 2.05) is 12.1 Å². The van der Waals surface area contributed by atoms with Gasteiger partial charge >= 0.3 is 0 Å². The Hall–Kier alpha value is -2.62. The third-order valence-electron chi connectivity index (χ3n) is 4.55. The Morgan fingerprint density at radius 2 is 1.92 bits per heavy atom. The van der Waals surface area contributed by atoms with Crippen molar-refractivity contribution in [3.8, 4) is 0 Å². The predicted octanol–water partition coefficient (Wildman–Crippen LogP) is 4.25. The first-order valence-electron chi connectivity index (χ1n) is 8.46. The van der Waals surface area contributed by atoms with Crippen molar-refractivity contribution in [1.29, 1.82) is 0 Å². The lowest BCUT2D eigenvalue weighted by Gasteiger charge is -2.26. The van der Waals surface area contributed by atoms with Crippen molar-refractivity contribution in [3.05, 3.63) is 71.2 Å². The van der Waals surface area contributed by atoms with E-state index in [0.717, 1.165) is 11.2 Å². The van der Waals surface area contributed by atoms with Crippen LogP contribution in [0.1, 0.15) is 30.7 Å². The normalized spacial score (nSPS) is 11.7. The number of rotatable bonds is 5. The first kappa shape index (κ1) is 17.2. The minimum atomic E-state index is -0.319. The number of fused-ring (bicyclic) bond motifs is 1. The van der Waals surface area contributed by atoms with Crippen LogP contribution in [-0.4, -0.2) is 17.4 Å². The summed E-state index contributed by atoms with van der Waals surface area (Å²) < 4.78 is 13.2. The number of hydrogen-bond acceptors (Lipinski definition) is 1. The van der Waals surface area contributed by atoms with Crippen LogP contribution in [-0.2, 0) is 16.6 Å². The molecular weight excluding hydrogens is 315 g/mol. The molecule has 0 saturated carbocycles. The molecule has 0 aliphatic rings. The molecular formula is C21H23FN2O. The Bertz CT molecular complexity index is 911. The second kappa shape index (κ2) is 6.71. The van der Waals surface area contributed by atoms with E-state index < -0.39 is 0 Å². The summed E-state index contributed by atoms with van der Waals surface area (Å²) in [4.78, 5) is 15.7. The van der Waals surface area contributed by atoms with Gasteiger partial charge in [-0.15, -0.1) is 0 Å². The second-order valence-corrected chi connectivity index (χ2v) is 7.14. The van der Waals surface area contributed by atoms with E-state index >= 15 is 0 Å². The topological polar surface area (TPSA) is 44.9 Å². The lowest BCUT2D eigenvalue weighted by atomic mass is 9.82. The highest BCUT2D eigenvalue weighted by atomic mass is 19.1. The largest absolute Gasteiger partial charge is 0.358 e. The van der Waals surface area contributed by atoms with Crippen LogP contribution in [0, 0.1) is 12.7 Å². The molecule has 0 spiro atoms. The molecule has 0 saturated heterocycles. The summed E-state index contributed by atoms with van der Waals surface area (Å²) in [6, 6.07) is 14.4. The predicted molar refractivity (Wildman–Crippen MR) is 99.2 cm³/mol. The van der Waals surface area contributed by atoms with Gasteiger partial charge in [-0.2, -0.15) is 0 Å². The van der Waals surface area contributed by atoms with Gasteiger partial charge in [0.2, 0.25) is 5.91 Å². The maximum absolute atomic E-state index is 13.2. The van der Waals surface area contributed by atoms with Crippen LogP contribution >= 0.6 is 0 Å². The summed E-state index contributed by atoms with van der Waals surface area (Å²) in [5.41, 5.74) is 3.90. The zero-order valence-electron chi connectivity index (χ0n) is 14.8. The van der Waals surface area contributed by atoms with Gasteiger partial charge in [0.1, 0.15) is 5.82 Å². The number of carbonyl (C=O) groups is 1. The lowest BCUT2D eigenvalue weighted by molar-refractivity contribution is -0.120. The van der Waals surface area contributed by atoms with Crippen molar-refractivity contribution in [1.82, 2.24) is 10.3 Å². The van der Waals surface area contributed by atoms with Gasteiger partial charge in [0.15, 0.2) is 0 Å². The van der Waals surface area contributed by atoms with E-state index in [2.05, 4.69) is 43.2 Å². The Morgan fingerprint density at radius 1 is 1.16 bits per heavy atom. The van der Waals surface area contributed by atoms with Crippen LogP contribution in [0.4, 0.5) is 4.39 Å². The Balaban J connectivity index is 1.73. The summed E-state index contributed by atoms with van der Waals surface area (Å²) >= 11 is 0. The van der Waals surface area contributed by atoms with Gasteiger partial charge in [-0.1, -0.05) is 44.2 Å². The van der Waals surface area contributed by atoms with Crippen LogP contribution in [0.2, 0.25) is 0 Å². The van der Waals surface area contributed by atoms with Crippen molar-refractivity contribution in [2.45, 2.75) is 32.6 Å². The fourth-order valence-corrected chi connectivity index (χ4v) is 3.45. The minimum absolute atomic E-state index is 0.101. The van der Waals surface area contributed by atoms with Gasteiger partial charge in [0.05, 0.1) is 6.42 Å². The SMILES string of the molecule is Cc1[nH]c2ccccc2c1C(C)(C)CNC(=O)Cc1cccc(F)c1. The monoisotopic (exact) mass is 338 g/mol. The molecule has 0 unspecified atom stereocenters. The number of nitrogens with one attached hydrogen (secondary N) is 2. The van der Waals surface area contributed by atoms with Gasteiger partial charge in [-0.3, -0.25) is 4.79 Å². The first-order chi connectivity index (χ1) is 11.9. The molecule has 0 radical (unpaired) electrons. The van der Waals surface area contributed by atoms with Crippen LogP contribution in [0.5, 0.6) is 0 Å². The van der Waals surface area contributed by atoms with Crippen molar-refractivity contribution in [3.63, 3.8) is 0 Å². The third-order valence-corrected chi connectivity index (χ3v) is 4.55. The molecule has 2 aromatic carbocycles. The minimum Gasteiger partial charge on any atom is -0.358 e. The number of amides is 1. The molecule has 25 heavy (non-hydrogen) atoms. The summed E-state index contributed by atoms with van der Waals surface area (Å²) in [6.45, 7) is 6.83. The summed E-state index contributed by atoms with van der Waals surface area (Å²) in [6.07, 6.45) is 0.181. The van der Waals surface area contributed by atoms with Crippen molar-refractivity contribution in [2.75, 3.05) is 6.54 Å². The quantitative estimate of drug-likeness (QED) is 0.718. The van der Waals surface area contributed by atoms with Gasteiger partial charge in [-0.25, -0.2) is 4.39 Å². The van der Waals surface area contributed by atoms with Gasteiger partial charge in [0.25, 0.3) is 0 Å². The summed E-state index contributed by atoms with van der Waals surface area (Å²) in [5, 5.41) is 4.18. The van der Waals surface area contributed by atoms with Gasteiger partial charge in [0, 0.05) is 28.6 Å². The standard InChI is InChI=1S/C21H23FN2O/c1-14-20(17-9-4-5-10-18(17)24-14)21(2,3)13-23-19(25)12-15-7-6-8-16(22)11-15/h4-11,24H,12-13H2,1-3H3,(H,23,25). The summed E-state index contributed by atoms with van der Waals surface area (Å²) in [5.74, 6) is -0.420. The zero-order valence-corrected chi connectivity index (χ0v) is 14.8. The number of halogens is 1. The molecule has 0 atom stereocenters. The molecule has 0 aliphatic carbocycles.